The molecule has 2 aromatic carbocycles. The number of carbonyl (C=O) groups is 4. The summed E-state index contributed by atoms with van der Waals surface area (Å²) in [6, 6.07) is 9.15. The Morgan fingerprint density at radius 3 is 1.55 bits per heavy atom. The van der Waals surface area contributed by atoms with E-state index in [-0.39, 0.29) is 0 Å². The van der Waals surface area contributed by atoms with Crippen LogP contribution in [0.1, 0.15) is 23.2 Å². The SMILES string of the molecule is O=C1NC(=O)C2(C(=O)N1)C(c1cccc(Cl)c1)NC(=O)NC2c1cccc(Cl)c1. The molecule has 1 spiro atoms. The Hall–Kier alpha value is -3.10. The number of carbonyl (C=O) groups excluding carboxylic acids is 4. The average Bonchev–Trinajstić information content (AvgIpc) is 2.66. The maximum Gasteiger partial charge on any atom is 0.328 e. The molecule has 0 aromatic heterocycles. The Kier molecular flexibility index (Phi) is 4.68. The summed E-state index contributed by atoms with van der Waals surface area (Å²) in [7, 11) is 0. The number of benzene rings is 2. The van der Waals surface area contributed by atoms with Gasteiger partial charge >= 0.3 is 12.1 Å². The van der Waals surface area contributed by atoms with Gasteiger partial charge < -0.3 is 10.6 Å². The molecular formula is C19H14Cl2N4O4. The van der Waals surface area contributed by atoms with E-state index in [1.807, 2.05) is 0 Å². The summed E-state index contributed by atoms with van der Waals surface area (Å²) in [6.45, 7) is 0. The molecule has 0 radical (unpaired) electrons. The molecule has 2 atom stereocenters. The first kappa shape index (κ1) is 19.2. The normalized spacial score (nSPS) is 23.1. The lowest BCUT2D eigenvalue weighted by atomic mass is 9.65. The van der Waals surface area contributed by atoms with E-state index in [9.17, 15) is 19.2 Å². The summed E-state index contributed by atoms with van der Waals surface area (Å²) in [4.78, 5) is 50.6. The lowest BCUT2D eigenvalue weighted by Gasteiger charge is -2.48. The highest BCUT2D eigenvalue weighted by atomic mass is 35.5. The summed E-state index contributed by atoms with van der Waals surface area (Å²) >= 11 is 12.2. The zero-order valence-electron chi connectivity index (χ0n) is 14.7. The standard InChI is InChI=1S/C19H14Cl2N4O4/c20-11-5-1-3-9(7-11)13-19(15(26)24-18(29)25-16(19)27)14(23-17(28)22-13)10-4-2-6-12(21)8-10/h1-8,13-14H,(H2,22,23,28)(H2,24,25,26,27,29). The summed E-state index contributed by atoms with van der Waals surface area (Å²) in [5.41, 5.74) is -1.06. The first-order valence-corrected chi connectivity index (χ1v) is 9.33. The van der Waals surface area contributed by atoms with Gasteiger partial charge in [-0.1, -0.05) is 47.5 Å². The van der Waals surface area contributed by atoms with E-state index in [1.54, 1.807) is 48.5 Å². The van der Waals surface area contributed by atoms with Crippen LogP contribution in [0.3, 0.4) is 0 Å². The predicted molar refractivity (Wildman–Crippen MR) is 104 cm³/mol. The van der Waals surface area contributed by atoms with E-state index in [4.69, 9.17) is 23.2 Å². The molecule has 0 aliphatic carbocycles. The smallest absolute Gasteiger partial charge is 0.328 e. The van der Waals surface area contributed by atoms with E-state index < -0.39 is 41.4 Å². The fraction of sp³-hybridized carbons (Fsp3) is 0.158. The van der Waals surface area contributed by atoms with E-state index in [2.05, 4.69) is 21.3 Å². The highest BCUT2D eigenvalue weighted by Crippen LogP contribution is 2.48. The lowest BCUT2D eigenvalue weighted by Crippen LogP contribution is -2.73. The largest absolute Gasteiger partial charge is 0.330 e. The minimum atomic E-state index is -1.92. The van der Waals surface area contributed by atoms with Gasteiger partial charge in [0.05, 0.1) is 12.1 Å². The molecule has 0 saturated carbocycles. The lowest BCUT2D eigenvalue weighted by molar-refractivity contribution is -0.150. The molecule has 2 heterocycles. The number of imide groups is 2. The Morgan fingerprint density at radius 2 is 1.14 bits per heavy atom. The van der Waals surface area contributed by atoms with Gasteiger partial charge in [-0.2, -0.15) is 0 Å². The second-order valence-electron chi connectivity index (χ2n) is 6.70. The van der Waals surface area contributed by atoms with Crippen LogP contribution in [0.4, 0.5) is 9.59 Å². The molecule has 0 bridgehead atoms. The molecule has 2 aliphatic heterocycles. The van der Waals surface area contributed by atoms with Crippen LogP contribution in [0.15, 0.2) is 48.5 Å². The summed E-state index contributed by atoms with van der Waals surface area (Å²) in [5.74, 6) is -1.71. The van der Waals surface area contributed by atoms with E-state index in [1.165, 1.54) is 0 Å². The number of barbiturate groups is 1. The number of urea groups is 2. The van der Waals surface area contributed by atoms with Crippen LogP contribution in [0.25, 0.3) is 0 Å². The van der Waals surface area contributed by atoms with Gasteiger partial charge in [0.1, 0.15) is 0 Å². The third kappa shape index (κ3) is 3.10. The van der Waals surface area contributed by atoms with Crippen molar-refractivity contribution in [2.24, 2.45) is 5.41 Å². The molecule has 148 valence electrons. The van der Waals surface area contributed by atoms with Gasteiger partial charge in [-0.15, -0.1) is 0 Å². The van der Waals surface area contributed by atoms with Crippen molar-refractivity contribution >= 4 is 47.1 Å². The van der Waals surface area contributed by atoms with Crippen molar-refractivity contribution in [2.45, 2.75) is 12.1 Å². The van der Waals surface area contributed by atoms with Crippen molar-refractivity contribution in [1.29, 1.82) is 0 Å². The third-order valence-corrected chi connectivity index (χ3v) is 5.50. The van der Waals surface area contributed by atoms with Crippen molar-refractivity contribution in [3.05, 3.63) is 69.7 Å². The molecule has 2 fully saturated rings. The van der Waals surface area contributed by atoms with Crippen molar-refractivity contribution in [2.75, 3.05) is 0 Å². The van der Waals surface area contributed by atoms with E-state index in [0.29, 0.717) is 21.2 Å². The van der Waals surface area contributed by atoms with Gasteiger partial charge in [0.2, 0.25) is 11.8 Å². The monoisotopic (exact) mass is 432 g/mol. The fourth-order valence-electron chi connectivity index (χ4n) is 3.83. The molecule has 2 unspecified atom stereocenters. The van der Waals surface area contributed by atoms with Crippen LogP contribution in [-0.2, 0) is 9.59 Å². The predicted octanol–water partition coefficient (Wildman–Crippen LogP) is 2.44. The quantitative estimate of drug-likeness (QED) is 0.545. The maximum absolute atomic E-state index is 13.2. The van der Waals surface area contributed by atoms with Gasteiger partial charge in [0.15, 0.2) is 5.41 Å². The molecule has 8 nitrogen and oxygen atoms in total. The van der Waals surface area contributed by atoms with Crippen molar-refractivity contribution < 1.29 is 19.2 Å². The van der Waals surface area contributed by atoms with E-state index >= 15 is 0 Å². The number of hydrogen-bond acceptors (Lipinski definition) is 4. The van der Waals surface area contributed by atoms with Gasteiger partial charge in [0, 0.05) is 10.0 Å². The van der Waals surface area contributed by atoms with Crippen molar-refractivity contribution in [3.8, 4) is 0 Å². The molecule has 2 aromatic rings. The zero-order valence-corrected chi connectivity index (χ0v) is 16.2. The minimum absolute atomic E-state index is 0.359. The molecule has 2 saturated heterocycles. The molecule has 4 rings (SSSR count). The van der Waals surface area contributed by atoms with Gasteiger partial charge in [-0.3, -0.25) is 20.2 Å². The highest BCUT2D eigenvalue weighted by Gasteiger charge is 2.64. The zero-order chi connectivity index (χ0) is 20.8. The first-order chi connectivity index (χ1) is 13.8. The van der Waals surface area contributed by atoms with Crippen LogP contribution in [0.5, 0.6) is 0 Å². The Labute approximate surface area is 174 Å². The topological polar surface area (TPSA) is 116 Å². The third-order valence-electron chi connectivity index (χ3n) is 5.03. The van der Waals surface area contributed by atoms with Gasteiger partial charge in [-0.05, 0) is 35.4 Å². The maximum atomic E-state index is 13.2. The average molecular weight is 433 g/mol. The van der Waals surface area contributed by atoms with Crippen molar-refractivity contribution in [1.82, 2.24) is 21.3 Å². The number of amides is 6. The van der Waals surface area contributed by atoms with Crippen LogP contribution in [-0.4, -0.2) is 23.9 Å². The highest BCUT2D eigenvalue weighted by molar-refractivity contribution is 6.31. The van der Waals surface area contributed by atoms with Gasteiger partial charge in [0.25, 0.3) is 0 Å². The summed E-state index contributed by atoms with van der Waals surface area (Å²) < 4.78 is 0. The van der Waals surface area contributed by atoms with Crippen LogP contribution in [0, 0.1) is 5.41 Å². The fourth-order valence-corrected chi connectivity index (χ4v) is 4.23. The number of nitrogens with one attached hydrogen (secondary N) is 4. The van der Waals surface area contributed by atoms with Gasteiger partial charge in [-0.25, -0.2) is 9.59 Å². The first-order valence-electron chi connectivity index (χ1n) is 8.57. The van der Waals surface area contributed by atoms with Crippen molar-refractivity contribution in [3.63, 3.8) is 0 Å². The van der Waals surface area contributed by atoms with Crippen LogP contribution in [0.2, 0.25) is 10.0 Å². The molecular weight excluding hydrogens is 419 g/mol. The Balaban J connectivity index is 1.96. The molecule has 4 N–H and O–H groups in total. The minimum Gasteiger partial charge on any atom is -0.330 e. The Morgan fingerprint density at radius 1 is 0.690 bits per heavy atom. The Bertz CT molecular complexity index is 979. The number of hydrogen-bond donors (Lipinski definition) is 4. The summed E-state index contributed by atoms with van der Waals surface area (Å²) in [6.07, 6.45) is 0. The second kappa shape index (κ2) is 7.06. The molecule has 29 heavy (non-hydrogen) atoms. The second-order valence-corrected chi connectivity index (χ2v) is 7.57. The number of halogens is 2. The molecule has 2 aliphatic rings. The van der Waals surface area contributed by atoms with Crippen LogP contribution >= 0.6 is 23.2 Å². The number of rotatable bonds is 2. The molecule has 6 amide bonds. The molecule has 10 heteroatoms. The van der Waals surface area contributed by atoms with E-state index in [0.717, 1.165) is 0 Å². The van der Waals surface area contributed by atoms with Crippen LogP contribution < -0.4 is 21.3 Å². The summed E-state index contributed by atoms with van der Waals surface area (Å²) in [5, 5.41) is 10.3.